The van der Waals surface area contributed by atoms with Gasteiger partial charge in [0.15, 0.2) is 0 Å². The quantitative estimate of drug-likeness (QED) is 0.420. The third-order valence-electron chi connectivity index (χ3n) is 5.94. The molecule has 30 heavy (non-hydrogen) atoms. The van der Waals surface area contributed by atoms with Crippen molar-refractivity contribution in [3.63, 3.8) is 0 Å². The molecular formula is C25H24N2O3. The predicted molar refractivity (Wildman–Crippen MR) is 116 cm³/mol. The van der Waals surface area contributed by atoms with E-state index < -0.39 is 11.3 Å². The van der Waals surface area contributed by atoms with Crippen LogP contribution in [0.15, 0.2) is 78.9 Å². The summed E-state index contributed by atoms with van der Waals surface area (Å²) in [6, 6.07) is 25.0. The fourth-order valence-corrected chi connectivity index (χ4v) is 4.26. The molecule has 1 saturated carbocycles. The van der Waals surface area contributed by atoms with Gasteiger partial charge in [0, 0.05) is 11.3 Å². The van der Waals surface area contributed by atoms with Gasteiger partial charge >= 0.3 is 0 Å². The van der Waals surface area contributed by atoms with Gasteiger partial charge in [0.1, 0.15) is 0 Å². The van der Waals surface area contributed by atoms with E-state index in [-0.39, 0.29) is 5.91 Å². The van der Waals surface area contributed by atoms with Crippen molar-refractivity contribution in [2.45, 2.75) is 31.1 Å². The van der Waals surface area contributed by atoms with Gasteiger partial charge in [-0.2, -0.15) is 0 Å². The maximum absolute atomic E-state index is 13.3. The van der Waals surface area contributed by atoms with Crippen LogP contribution >= 0.6 is 0 Å². The van der Waals surface area contributed by atoms with Gasteiger partial charge in [0.2, 0.25) is 5.91 Å². The van der Waals surface area contributed by atoms with Crippen molar-refractivity contribution >= 4 is 17.5 Å². The highest BCUT2D eigenvalue weighted by Gasteiger charge is 2.42. The van der Waals surface area contributed by atoms with Crippen LogP contribution in [0.1, 0.15) is 41.6 Å². The summed E-state index contributed by atoms with van der Waals surface area (Å²) >= 11 is 0. The van der Waals surface area contributed by atoms with Crippen molar-refractivity contribution < 1.29 is 14.8 Å². The molecule has 1 fully saturated rings. The molecule has 5 nitrogen and oxygen atoms in total. The Morgan fingerprint density at radius 1 is 0.767 bits per heavy atom. The van der Waals surface area contributed by atoms with Gasteiger partial charge in [-0.1, -0.05) is 67.4 Å². The molecule has 3 aromatic carbocycles. The van der Waals surface area contributed by atoms with Gasteiger partial charge in [-0.3, -0.25) is 14.8 Å². The number of hydrogen-bond acceptors (Lipinski definition) is 3. The molecule has 0 unspecified atom stereocenters. The first kappa shape index (κ1) is 19.9. The smallest absolute Gasteiger partial charge is 0.274 e. The summed E-state index contributed by atoms with van der Waals surface area (Å²) in [4.78, 5) is 24.8. The minimum Gasteiger partial charge on any atom is -0.325 e. The SMILES string of the molecule is O=C(NO)c1ccc(NC(=O)C2(c3ccc(-c4ccccc4)cc3)CCCC2)cc1. The van der Waals surface area contributed by atoms with Crippen molar-refractivity contribution in [2.24, 2.45) is 0 Å². The van der Waals surface area contributed by atoms with E-state index in [2.05, 4.69) is 41.7 Å². The number of nitrogens with one attached hydrogen (secondary N) is 2. The Balaban J connectivity index is 1.56. The van der Waals surface area contributed by atoms with Crippen LogP contribution in [0.25, 0.3) is 11.1 Å². The average Bonchev–Trinajstić information content (AvgIpc) is 3.31. The molecule has 3 aromatic rings. The second-order valence-electron chi connectivity index (χ2n) is 7.70. The number of carbonyl (C=O) groups excluding carboxylic acids is 2. The minimum atomic E-state index is -0.585. The third kappa shape index (κ3) is 3.84. The molecule has 0 aliphatic heterocycles. The van der Waals surface area contributed by atoms with Crippen molar-refractivity contribution in [3.05, 3.63) is 90.0 Å². The monoisotopic (exact) mass is 400 g/mol. The third-order valence-corrected chi connectivity index (χ3v) is 5.94. The molecule has 1 aliphatic rings. The van der Waals surface area contributed by atoms with Gasteiger partial charge in [-0.25, -0.2) is 5.48 Å². The Bertz CT molecular complexity index is 1020. The summed E-state index contributed by atoms with van der Waals surface area (Å²) in [5.41, 5.74) is 5.33. The Labute approximate surface area is 175 Å². The predicted octanol–water partition coefficient (Wildman–Crippen LogP) is 4.92. The summed E-state index contributed by atoms with van der Waals surface area (Å²) in [7, 11) is 0. The number of anilines is 1. The first-order valence-corrected chi connectivity index (χ1v) is 10.1. The van der Waals surface area contributed by atoms with E-state index in [1.54, 1.807) is 29.7 Å². The van der Waals surface area contributed by atoms with E-state index in [0.717, 1.165) is 42.4 Å². The summed E-state index contributed by atoms with van der Waals surface area (Å²) < 4.78 is 0. The number of carbonyl (C=O) groups is 2. The average molecular weight is 400 g/mol. The molecule has 0 saturated heterocycles. The lowest BCUT2D eigenvalue weighted by Crippen LogP contribution is -2.38. The van der Waals surface area contributed by atoms with Crippen LogP contribution in [0.2, 0.25) is 0 Å². The molecule has 1 aliphatic carbocycles. The molecular weight excluding hydrogens is 376 g/mol. The van der Waals surface area contributed by atoms with Gasteiger partial charge in [0.25, 0.3) is 5.91 Å². The zero-order valence-corrected chi connectivity index (χ0v) is 16.6. The van der Waals surface area contributed by atoms with Gasteiger partial charge in [0.05, 0.1) is 5.41 Å². The van der Waals surface area contributed by atoms with Crippen LogP contribution < -0.4 is 10.8 Å². The van der Waals surface area contributed by atoms with Crippen LogP contribution in [-0.2, 0) is 10.2 Å². The Morgan fingerprint density at radius 3 is 1.97 bits per heavy atom. The van der Waals surface area contributed by atoms with Gasteiger partial charge in [-0.05, 0) is 53.8 Å². The zero-order chi connectivity index (χ0) is 21.0. The number of rotatable bonds is 5. The van der Waals surface area contributed by atoms with Crippen molar-refractivity contribution in [3.8, 4) is 11.1 Å². The molecule has 3 N–H and O–H groups in total. The lowest BCUT2D eigenvalue weighted by molar-refractivity contribution is -0.121. The first-order chi connectivity index (χ1) is 14.6. The van der Waals surface area contributed by atoms with E-state index >= 15 is 0 Å². The highest BCUT2D eigenvalue weighted by atomic mass is 16.5. The van der Waals surface area contributed by atoms with Gasteiger partial charge < -0.3 is 5.32 Å². The largest absolute Gasteiger partial charge is 0.325 e. The Kier molecular flexibility index (Phi) is 5.63. The van der Waals surface area contributed by atoms with Crippen LogP contribution in [0.4, 0.5) is 5.69 Å². The molecule has 0 aromatic heterocycles. The van der Waals surface area contributed by atoms with Crippen LogP contribution in [-0.4, -0.2) is 17.0 Å². The molecule has 2 amide bonds. The maximum atomic E-state index is 13.3. The topological polar surface area (TPSA) is 78.4 Å². The first-order valence-electron chi connectivity index (χ1n) is 10.1. The molecule has 0 atom stereocenters. The molecule has 0 heterocycles. The summed E-state index contributed by atoms with van der Waals surface area (Å²) in [6.45, 7) is 0. The number of hydroxylamine groups is 1. The highest BCUT2D eigenvalue weighted by Crippen LogP contribution is 2.42. The number of benzene rings is 3. The fourth-order valence-electron chi connectivity index (χ4n) is 4.26. The number of amides is 2. The van der Waals surface area contributed by atoms with Crippen LogP contribution in [0, 0.1) is 0 Å². The molecule has 0 radical (unpaired) electrons. The fraction of sp³-hybridized carbons (Fsp3) is 0.200. The molecule has 5 heteroatoms. The lowest BCUT2D eigenvalue weighted by atomic mass is 9.77. The van der Waals surface area contributed by atoms with E-state index in [0.29, 0.717) is 11.3 Å². The Morgan fingerprint density at radius 2 is 1.37 bits per heavy atom. The second kappa shape index (κ2) is 8.51. The standard InChI is InChI=1S/C25H24N2O3/c28-23(27-30)20-10-14-22(15-11-20)26-24(29)25(16-4-5-17-25)21-12-8-19(9-13-21)18-6-2-1-3-7-18/h1-3,6-15,30H,4-5,16-17H2,(H,26,29)(H,27,28). The summed E-state index contributed by atoms with van der Waals surface area (Å²) in [5.74, 6) is -0.606. The Hall–Kier alpha value is -3.44. The van der Waals surface area contributed by atoms with E-state index in [1.165, 1.54) is 0 Å². The lowest BCUT2D eigenvalue weighted by Gasteiger charge is -2.28. The molecule has 0 bridgehead atoms. The number of hydrogen-bond donors (Lipinski definition) is 3. The van der Waals surface area contributed by atoms with Crippen molar-refractivity contribution in [2.75, 3.05) is 5.32 Å². The second-order valence-corrected chi connectivity index (χ2v) is 7.70. The maximum Gasteiger partial charge on any atom is 0.274 e. The minimum absolute atomic E-state index is 0.0215. The van der Waals surface area contributed by atoms with Crippen LogP contribution in [0.5, 0.6) is 0 Å². The zero-order valence-electron chi connectivity index (χ0n) is 16.6. The van der Waals surface area contributed by atoms with E-state index in [1.807, 2.05) is 18.2 Å². The van der Waals surface area contributed by atoms with Crippen LogP contribution in [0.3, 0.4) is 0 Å². The normalized spacial score (nSPS) is 14.8. The highest BCUT2D eigenvalue weighted by molar-refractivity contribution is 6.00. The summed E-state index contributed by atoms with van der Waals surface area (Å²) in [5, 5.41) is 11.7. The van der Waals surface area contributed by atoms with E-state index in [4.69, 9.17) is 5.21 Å². The molecule has 152 valence electrons. The summed E-state index contributed by atoms with van der Waals surface area (Å²) in [6.07, 6.45) is 3.66. The molecule has 4 rings (SSSR count). The van der Waals surface area contributed by atoms with Crippen molar-refractivity contribution in [1.82, 2.24) is 5.48 Å². The van der Waals surface area contributed by atoms with Crippen molar-refractivity contribution in [1.29, 1.82) is 0 Å². The molecule has 0 spiro atoms. The van der Waals surface area contributed by atoms with Gasteiger partial charge in [-0.15, -0.1) is 0 Å². The van der Waals surface area contributed by atoms with E-state index in [9.17, 15) is 9.59 Å².